The molecule has 7 nitrogen and oxygen atoms in total. The van der Waals surface area contributed by atoms with Crippen molar-refractivity contribution in [2.45, 2.75) is 10.3 Å². The van der Waals surface area contributed by atoms with Gasteiger partial charge in [0.05, 0.1) is 11.5 Å². The molecule has 0 unspecified atom stereocenters. The summed E-state index contributed by atoms with van der Waals surface area (Å²) in [5, 5.41) is 9.55. The first-order valence-electron chi connectivity index (χ1n) is 7.22. The molecule has 4 rings (SSSR count). The minimum atomic E-state index is -0.629. The van der Waals surface area contributed by atoms with Gasteiger partial charge in [-0.3, -0.25) is 9.78 Å². The van der Waals surface area contributed by atoms with Crippen LogP contribution in [-0.4, -0.2) is 21.2 Å². The Morgan fingerprint density at radius 3 is 3.04 bits per heavy atom. The minimum Gasteiger partial charge on any atom is -0.438 e. The second-order valence-corrected chi connectivity index (χ2v) is 7.32. The largest absolute Gasteiger partial charge is 0.438 e. The Morgan fingerprint density at radius 2 is 2.36 bits per heavy atom. The molecule has 0 amide bonds. The number of thiazole rings is 1. The summed E-state index contributed by atoms with van der Waals surface area (Å²) in [7, 11) is 0. The van der Waals surface area contributed by atoms with Crippen LogP contribution in [0.1, 0.15) is 17.0 Å². The monoisotopic (exact) mass is 369 g/mol. The molecule has 25 heavy (non-hydrogen) atoms. The van der Waals surface area contributed by atoms with Crippen LogP contribution in [0.4, 0.5) is 0 Å². The third-order valence-corrected chi connectivity index (χ3v) is 5.94. The molecule has 9 heteroatoms. The van der Waals surface area contributed by atoms with Crippen molar-refractivity contribution in [3.8, 4) is 11.8 Å². The molecule has 4 heterocycles. The van der Waals surface area contributed by atoms with Crippen molar-refractivity contribution in [1.29, 1.82) is 5.26 Å². The second kappa shape index (κ2) is 5.91. The van der Waals surface area contributed by atoms with E-state index in [-0.39, 0.29) is 17.0 Å². The molecule has 0 saturated heterocycles. The summed E-state index contributed by atoms with van der Waals surface area (Å²) in [5.74, 6) is -0.271. The number of fused-ring (bicyclic) bond motifs is 3. The van der Waals surface area contributed by atoms with Gasteiger partial charge >= 0.3 is 0 Å². The molecule has 3 aromatic rings. The first kappa shape index (κ1) is 15.7. The van der Waals surface area contributed by atoms with Crippen molar-refractivity contribution in [2.24, 2.45) is 5.73 Å². The Balaban J connectivity index is 2.07. The number of nitrogens with two attached hydrogens (primary N) is 1. The van der Waals surface area contributed by atoms with E-state index in [9.17, 15) is 10.1 Å². The van der Waals surface area contributed by atoms with E-state index in [1.807, 2.05) is 6.26 Å². The zero-order valence-corrected chi connectivity index (χ0v) is 14.6. The zero-order valence-electron chi connectivity index (χ0n) is 12.9. The fourth-order valence-corrected chi connectivity index (χ4v) is 4.36. The first-order chi connectivity index (χ1) is 12.1. The molecule has 0 fully saturated rings. The highest BCUT2D eigenvalue weighted by atomic mass is 32.2. The van der Waals surface area contributed by atoms with E-state index < -0.39 is 5.92 Å². The highest BCUT2D eigenvalue weighted by molar-refractivity contribution is 8.00. The van der Waals surface area contributed by atoms with Crippen molar-refractivity contribution >= 4 is 33.4 Å². The van der Waals surface area contributed by atoms with Gasteiger partial charge in [0.25, 0.3) is 5.56 Å². The van der Waals surface area contributed by atoms with Gasteiger partial charge in [0.15, 0.2) is 15.7 Å². The molecule has 0 spiro atoms. The van der Waals surface area contributed by atoms with Crippen molar-refractivity contribution in [2.75, 3.05) is 6.26 Å². The Morgan fingerprint density at radius 1 is 1.52 bits per heavy atom. The quantitative estimate of drug-likeness (QED) is 0.666. The lowest BCUT2D eigenvalue weighted by molar-refractivity contribution is 0.397. The number of H-pyrrole nitrogens is 1. The Labute approximate surface area is 150 Å². The first-order valence-corrected chi connectivity index (χ1v) is 9.26. The number of aromatic nitrogens is 3. The lowest BCUT2D eigenvalue weighted by Gasteiger charge is -2.25. The summed E-state index contributed by atoms with van der Waals surface area (Å²) in [6.45, 7) is 0. The van der Waals surface area contributed by atoms with Gasteiger partial charge in [-0.1, -0.05) is 17.8 Å². The molecule has 3 N–H and O–H groups in total. The Bertz CT molecular complexity index is 1110. The number of pyridine rings is 2. The summed E-state index contributed by atoms with van der Waals surface area (Å²) in [4.78, 5) is 24.0. The van der Waals surface area contributed by atoms with Gasteiger partial charge in [-0.15, -0.1) is 11.3 Å². The van der Waals surface area contributed by atoms with Crippen LogP contribution in [0.3, 0.4) is 0 Å². The van der Waals surface area contributed by atoms with Crippen LogP contribution in [0.25, 0.3) is 10.3 Å². The van der Waals surface area contributed by atoms with Gasteiger partial charge in [0.1, 0.15) is 16.3 Å². The number of aromatic amines is 1. The van der Waals surface area contributed by atoms with E-state index in [0.717, 1.165) is 4.34 Å². The van der Waals surface area contributed by atoms with Crippen molar-refractivity contribution in [1.82, 2.24) is 15.0 Å². The minimum absolute atomic E-state index is 0.00476. The van der Waals surface area contributed by atoms with E-state index in [2.05, 4.69) is 21.0 Å². The highest BCUT2D eigenvalue weighted by Crippen LogP contribution is 2.44. The standard InChI is InChI=1S/C16H11N5O2S2/c1-24-16-21-14-12(25-16)11-10(15(22)20-14)9(7-3-2-4-19-6-7)8(5-17)13(18)23-11/h2-4,6,9H,18H2,1H3,(H,20,22)/t9-/m1/s1. The molecule has 0 bridgehead atoms. The van der Waals surface area contributed by atoms with Crippen LogP contribution in [0.15, 0.2) is 45.1 Å². The van der Waals surface area contributed by atoms with Gasteiger partial charge in [-0.05, 0) is 17.9 Å². The molecular weight excluding hydrogens is 358 g/mol. The van der Waals surface area contributed by atoms with E-state index in [4.69, 9.17) is 10.5 Å². The maximum atomic E-state index is 12.8. The molecule has 124 valence electrons. The average Bonchev–Trinajstić information content (AvgIpc) is 3.04. The number of nitrogens with zero attached hydrogens (tertiary/aromatic N) is 3. The van der Waals surface area contributed by atoms with Gasteiger partial charge in [-0.2, -0.15) is 5.26 Å². The van der Waals surface area contributed by atoms with Crippen LogP contribution in [-0.2, 0) is 0 Å². The highest BCUT2D eigenvalue weighted by Gasteiger charge is 2.35. The second-order valence-electron chi connectivity index (χ2n) is 5.27. The Kier molecular flexibility index (Phi) is 3.71. The number of hydrogen-bond donors (Lipinski definition) is 2. The van der Waals surface area contributed by atoms with Crippen LogP contribution in [0, 0.1) is 11.3 Å². The van der Waals surface area contributed by atoms with Crippen molar-refractivity contribution < 1.29 is 4.74 Å². The number of nitrogens with one attached hydrogen (secondary N) is 1. The summed E-state index contributed by atoms with van der Waals surface area (Å²) < 4.78 is 7.20. The van der Waals surface area contributed by atoms with Crippen LogP contribution >= 0.6 is 23.1 Å². The number of rotatable bonds is 2. The lowest BCUT2D eigenvalue weighted by atomic mass is 9.85. The third kappa shape index (κ3) is 2.38. The number of allylic oxidation sites excluding steroid dienone is 1. The normalized spacial score (nSPS) is 16.4. The topological polar surface area (TPSA) is 118 Å². The molecule has 0 aromatic carbocycles. The average molecular weight is 369 g/mol. The zero-order chi connectivity index (χ0) is 17.6. The fraction of sp³-hybridized carbons (Fsp3) is 0.125. The van der Waals surface area contributed by atoms with Crippen LogP contribution in [0.5, 0.6) is 5.75 Å². The van der Waals surface area contributed by atoms with Crippen LogP contribution < -0.4 is 16.0 Å². The Hall–Kier alpha value is -2.83. The SMILES string of the molecule is CSc1nc2[nH]c(=O)c3c(c2s1)OC(N)=C(C#N)[C@H]3c1cccnc1. The van der Waals surface area contributed by atoms with Gasteiger partial charge in [0.2, 0.25) is 5.88 Å². The number of nitriles is 1. The smallest absolute Gasteiger partial charge is 0.257 e. The molecule has 0 aliphatic carbocycles. The van der Waals surface area contributed by atoms with Gasteiger partial charge < -0.3 is 15.5 Å². The molecule has 1 aliphatic rings. The van der Waals surface area contributed by atoms with Gasteiger partial charge in [-0.25, -0.2) is 4.98 Å². The summed E-state index contributed by atoms with van der Waals surface area (Å²) in [6, 6.07) is 5.63. The van der Waals surface area contributed by atoms with E-state index >= 15 is 0 Å². The maximum absolute atomic E-state index is 12.8. The third-order valence-electron chi connectivity index (χ3n) is 3.90. The number of hydrogen-bond acceptors (Lipinski definition) is 8. The predicted octanol–water partition coefficient (Wildman–Crippen LogP) is 2.32. The summed E-state index contributed by atoms with van der Waals surface area (Å²) in [5.41, 5.74) is 7.34. The van der Waals surface area contributed by atoms with E-state index in [1.165, 1.54) is 23.1 Å². The van der Waals surface area contributed by atoms with E-state index in [1.54, 1.807) is 24.5 Å². The summed E-state index contributed by atoms with van der Waals surface area (Å²) >= 11 is 2.89. The molecular formula is C16H11N5O2S2. The number of ether oxygens (including phenoxy) is 1. The van der Waals surface area contributed by atoms with Crippen molar-refractivity contribution in [3.63, 3.8) is 0 Å². The maximum Gasteiger partial charge on any atom is 0.257 e. The molecule has 1 aliphatic heterocycles. The van der Waals surface area contributed by atoms with E-state index in [0.29, 0.717) is 27.2 Å². The molecule has 0 radical (unpaired) electrons. The summed E-state index contributed by atoms with van der Waals surface area (Å²) in [6.07, 6.45) is 5.15. The fourth-order valence-electron chi connectivity index (χ4n) is 2.84. The molecule has 3 aromatic heterocycles. The van der Waals surface area contributed by atoms with Crippen molar-refractivity contribution in [3.05, 3.63) is 57.5 Å². The molecule has 1 atom stereocenters. The van der Waals surface area contributed by atoms with Crippen LogP contribution in [0.2, 0.25) is 0 Å². The predicted molar refractivity (Wildman–Crippen MR) is 95.6 cm³/mol. The number of thioether (sulfide) groups is 1. The van der Waals surface area contributed by atoms with Gasteiger partial charge in [0, 0.05) is 12.4 Å². The lowest BCUT2D eigenvalue weighted by Crippen LogP contribution is -2.27. The molecule has 0 saturated carbocycles.